The highest BCUT2D eigenvalue weighted by Gasteiger charge is 2.12. The Morgan fingerprint density at radius 3 is 2.27 bits per heavy atom. The van der Waals surface area contributed by atoms with Gasteiger partial charge < -0.3 is 5.32 Å². The van der Waals surface area contributed by atoms with Crippen LogP contribution in [0.1, 0.15) is 0 Å². The molecule has 2 aromatic carbocycles. The first-order valence-corrected chi connectivity index (χ1v) is 10.1. The molecule has 0 aliphatic rings. The minimum absolute atomic E-state index is 0. The molecular formula is C17H17ClFN3O2S2. The summed E-state index contributed by atoms with van der Waals surface area (Å²) in [5.74, 6) is -0.287. The molecule has 0 spiro atoms. The number of thiazole rings is 1. The van der Waals surface area contributed by atoms with Crippen molar-refractivity contribution in [3.05, 3.63) is 59.7 Å². The Morgan fingerprint density at radius 2 is 1.69 bits per heavy atom. The van der Waals surface area contributed by atoms with Gasteiger partial charge >= 0.3 is 0 Å². The Labute approximate surface area is 162 Å². The second kappa shape index (κ2) is 8.03. The maximum absolute atomic E-state index is 12.9. The number of sulfonamides is 1. The van der Waals surface area contributed by atoms with Crippen LogP contribution in [0.25, 0.3) is 11.3 Å². The van der Waals surface area contributed by atoms with E-state index in [1.165, 1.54) is 34.8 Å². The number of rotatable bonds is 5. The van der Waals surface area contributed by atoms with Crippen molar-refractivity contribution in [2.45, 2.75) is 0 Å². The van der Waals surface area contributed by atoms with Crippen molar-refractivity contribution >= 4 is 50.3 Å². The normalized spacial score (nSPS) is 10.9. The zero-order valence-electron chi connectivity index (χ0n) is 14.0. The molecule has 0 saturated carbocycles. The number of hydrogen-bond donors (Lipinski definition) is 1. The van der Waals surface area contributed by atoms with E-state index in [0.29, 0.717) is 10.8 Å². The smallest absolute Gasteiger partial charge is 0.231 e. The summed E-state index contributed by atoms with van der Waals surface area (Å²) in [6.07, 6.45) is 1.16. The van der Waals surface area contributed by atoms with Gasteiger partial charge in [0.15, 0.2) is 5.13 Å². The van der Waals surface area contributed by atoms with Crippen LogP contribution >= 0.6 is 23.7 Å². The fourth-order valence-electron chi connectivity index (χ4n) is 2.15. The van der Waals surface area contributed by atoms with Crippen molar-refractivity contribution in [1.82, 2.24) is 4.98 Å². The van der Waals surface area contributed by atoms with E-state index < -0.39 is 10.0 Å². The summed E-state index contributed by atoms with van der Waals surface area (Å²) < 4.78 is 37.3. The maximum Gasteiger partial charge on any atom is 0.231 e. The number of halogens is 2. The van der Waals surface area contributed by atoms with E-state index in [2.05, 4.69) is 10.3 Å². The summed E-state index contributed by atoms with van der Waals surface area (Å²) in [6, 6.07) is 13.2. The molecule has 3 aromatic rings. The van der Waals surface area contributed by atoms with E-state index in [0.717, 1.165) is 23.2 Å². The van der Waals surface area contributed by atoms with Crippen molar-refractivity contribution in [3.63, 3.8) is 0 Å². The molecule has 0 radical (unpaired) electrons. The summed E-state index contributed by atoms with van der Waals surface area (Å²) in [7, 11) is -1.77. The van der Waals surface area contributed by atoms with E-state index in [-0.39, 0.29) is 18.2 Å². The number of benzene rings is 2. The van der Waals surface area contributed by atoms with Crippen LogP contribution in [0.15, 0.2) is 53.9 Å². The van der Waals surface area contributed by atoms with Crippen LogP contribution in [-0.4, -0.2) is 26.7 Å². The zero-order valence-corrected chi connectivity index (χ0v) is 16.5. The molecular weight excluding hydrogens is 397 g/mol. The molecule has 5 nitrogen and oxygen atoms in total. The van der Waals surface area contributed by atoms with E-state index in [4.69, 9.17) is 0 Å². The van der Waals surface area contributed by atoms with Crippen LogP contribution in [0.5, 0.6) is 0 Å². The van der Waals surface area contributed by atoms with Crippen molar-refractivity contribution in [1.29, 1.82) is 0 Å². The molecule has 1 heterocycles. The zero-order chi connectivity index (χ0) is 18.0. The Kier molecular flexibility index (Phi) is 6.22. The number of hydrogen-bond acceptors (Lipinski definition) is 5. The Morgan fingerprint density at radius 1 is 1.08 bits per heavy atom. The van der Waals surface area contributed by atoms with Gasteiger partial charge in [-0.05, 0) is 36.4 Å². The van der Waals surface area contributed by atoms with Gasteiger partial charge in [0.25, 0.3) is 0 Å². The lowest BCUT2D eigenvalue weighted by Crippen LogP contribution is -2.24. The van der Waals surface area contributed by atoms with Crippen molar-refractivity contribution in [2.24, 2.45) is 0 Å². The van der Waals surface area contributed by atoms with Gasteiger partial charge in [-0.25, -0.2) is 17.8 Å². The molecule has 0 aliphatic carbocycles. The maximum atomic E-state index is 12.9. The number of anilines is 3. The highest BCUT2D eigenvalue weighted by Crippen LogP contribution is 2.28. The number of nitrogens with one attached hydrogen (secondary N) is 1. The first-order valence-electron chi connectivity index (χ1n) is 7.35. The second-order valence-corrected chi connectivity index (χ2v) is 8.32. The third-order valence-electron chi connectivity index (χ3n) is 3.62. The lowest BCUT2D eigenvalue weighted by Gasteiger charge is -2.16. The predicted octanol–water partition coefficient (Wildman–Crippen LogP) is 4.51. The van der Waals surface area contributed by atoms with E-state index in [1.807, 2.05) is 17.5 Å². The summed E-state index contributed by atoms with van der Waals surface area (Å²) >= 11 is 1.44. The highest BCUT2D eigenvalue weighted by molar-refractivity contribution is 7.92. The molecule has 26 heavy (non-hydrogen) atoms. The van der Waals surface area contributed by atoms with Crippen LogP contribution in [0.2, 0.25) is 0 Å². The largest absolute Gasteiger partial charge is 0.332 e. The van der Waals surface area contributed by atoms with Crippen molar-refractivity contribution < 1.29 is 12.8 Å². The molecule has 0 bridgehead atoms. The van der Waals surface area contributed by atoms with E-state index >= 15 is 0 Å². The molecule has 0 saturated heterocycles. The van der Waals surface area contributed by atoms with Crippen LogP contribution in [-0.2, 0) is 10.0 Å². The summed E-state index contributed by atoms with van der Waals surface area (Å²) in [4.78, 5) is 4.50. The topological polar surface area (TPSA) is 62.3 Å². The third kappa shape index (κ3) is 4.72. The lowest BCUT2D eigenvalue weighted by atomic mass is 10.1. The van der Waals surface area contributed by atoms with Crippen LogP contribution in [0.3, 0.4) is 0 Å². The predicted molar refractivity (Wildman–Crippen MR) is 108 cm³/mol. The Bertz CT molecular complexity index is 974. The van der Waals surface area contributed by atoms with Gasteiger partial charge in [0, 0.05) is 23.7 Å². The molecule has 0 aliphatic heterocycles. The first-order chi connectivity index (χ1) is 11.8. The van der Waals surface area contributed by atoms with E-state index in [9.17, 15) is 12.8 Å². The van der Waals surface area contributed by atoms with Gasteiger partial charge in [-0.2, -0.15) is 0 Å². The van der Waals surface area contributed by atoms with Crippen LogP contribution in [0.4, 0.5) is 20.9 Å². The van der Waals surface area contributed by atoms with E-state index in [1.54, 1.807) is 24.3 Å². The SMILES string of the molecule is CN(c1ccc(-c2csc(Nc3ccc(F)cc3)n2)cc1)S(C)(=O)=O.Cl. The summed E-state index contributed by atoms with van der Waals surface area (Å²) in [5, 5.41) is 5.72. The fraction of sp³-hybridized carbons (Fsp3) is 0.118. The Hall–Kier alpha value is -2.16. The molecule has 0 amide bonds. The molecule has 0 unspecified atom stereocenters. The molecule has 138 valence electrons. The number of nitrogens with zero attached hydrogens (tertiary/aromatic N) is 2. The molecule has 1 aromatic heterocycles. The average Bonchev–Trinajstić information content (AvgIpc) is 3.04. The van der Waals surface area contributed by atoms with Crippen molar-refractivity contribution in [2.75, 3.05) is 22.9 Å². The molecule has 9 heteroatoms. The van der Waals surface area contributed by atoms with Gasteiger partial charge in [0.1, 0.15) is 5.82 Å². The first kappa shape index (κ1) is 20.2. The van der Waals surface area contributed by atoms with Gasteiger partial charge in [0.2, 0.25) is 10.0 Å². The molecule has 0 fully saturated rings. The van der Waals surface area contributed by atoms with Crippen LogP contribution < -0.4 is 9.62 Å². The quantitative estimate of drug-likeness (QED) is 0.668. The molecule has 1 N–H and O–H groups in total. The fourth-order valence-corrected chi connectivity index (χ4v) is 3.40. The van der Waals surface area contributed by atoms with Crippen LogP contribution in [0, 0.1) is 5.82 Å². The standard InChI is InChI=1S/C17H16FN3O2S2.ClH/c1-21(25(2,22)23)15-9-3-12(4-10-15)16-11-24-17(20-16)19-14-7-5-13(18)6-8-14;/h3-11H,1-2H3,(H,19,20);1H. The minimum Gasteiger partial charge on any atom is -0.332 e. The minimum atomic E-state index is -3.28. The summed E-state index contributed by atoms with van der Waals surface area (Å²) in [6.45, 7) is 0. The van der Waals surface area contributed by atoms with Gasteiger partial charge in [-0.1, -0.05) is 12.1 Å². The third-order valence-corrected chi connectivity index (χ3v) is 5.59. The number of aromatic nitrogens is 1. The molecule has 3 rings (SSSR count). The molecule has 0 atom stereocenters. The second-order valence-electron chi connectivity index (χ2n) is 5.45. The lowest BCUT2D eigenvalue weighted by molar-refractivity contribution is 0.600. The Balaban J connectivity index is 0.00000243. The average molecular weight is 414 g/mol. The van der Waals surface area contributed by atoms with Gasteiger partial charge in [-0.3, -0.25) is 4.31 Å². The van der Waals surface area contributed by atoms with Crippen molar-refractivity contribution in [3.8, 4) is 11.3 Å². The summed E-state index contributed by atoms with van der Waals surface area (Å²) in [5.41, 5.74) is 3.01. The van der Waals surface area contributed by atoms with Gasteiger partial charge in [-0.15, -0.1) is 23.7 Å². The van der Waals surface area contributed by atoms with Gasteiger partial charge in [0.05, 0.1) is 17.6 Å². The highest BCUT2D eigenvalue weighted by atomic mass is 35.5. The monoisotopic (exact) mass is 413 g/mol.